The number of alkyl halides is 3. The minimum atomic E-state index is -4.67. The molecular formula is C28H29Cl2F3O6S. The Hall–Kier alpha value is -2.34. The molecule has 0 fully saturated rings. The van der Waals surface area contributed by atoms with Crippen LogP contribution in [0.2, 0.25) is 10.0 Å². The second-order valence-corrected chi connectivity index (χ2v) is 12.4. The molecule has 0 bridgehead atoms. The number of aliphatic hydroxyl groups is 1. The van der Waals surface area contributed by atoms with Gasteiger partial charge in [0.25, 0.3) is 5.12 Å². The number of sulfone groups is 1. The van der Waals surface area contributed by atoms with E-state index in [2.05, 4.69) is 0 Å². The maximum absolute atomic E-state index is 13.4. The molecule has 0 aliphatic rings. The number of ether oxygens (including phenoxy) is 3. The van der Waals surface area contributed by atoms with Crippen LogP contribution in [0.15, 0.2) is 72.8 Å². The summed E-state index contributed by atoms with van der Waals surface area (Å²) in [5, 5.41) is 8.19. The van der Waals surface area contributed by atoms with Crippen molar-refractivity contribution in [3.05, 3.63) is 99.5 Å². The van der Waals surface area contributed by atoms with E-state index < -0.39 is 39.4 Å². The summed E-state index contributed by atoms with van der Waals surface area (Å²) in [6.45, 7) is 0.995. The predicted molar refractivity (Wildman–Crippen MR) is 147 cm³/mol. The van der Waals surface area contributed by atoms with E-state index in [1.807, 2.05) is 0 Å². The zero-order valence-corrected chi connectivity index (χ0v) is 23.9. The summed E-state index contributed by atoms with van der Waals surface area (Å²) in [6.07, 6.45) is -7.51. The van der Waals surface area contributed by atoms with Crippen molar-refractivity contribution < 1.29 is 40.9 Å². The van der Waals surface area contributed by atoms with Gasteiger partial charge in [0.05, 0.1) is 19.0 Å². The Kier molecular flexibility index (Phi) is 11.3. The van der Waals surface area contributed by atoms with Crippen LogP contribution in [0.1, 0.15) is 30.0 Å². The van der Waals surface area contributed by atoms with E-state index in [4.69, 9.17) is 42.5 Å². The van der Waals surface area contributed by atoms with Crippen LogP contribution in [0.3, 0.4) is 0 Å². The number of rotatable bonds is 14. The van der Waals surface area contributed by atoms with E-state index in [0.717, 1.165) is 0 Å². The van der Waals surface area contributed by atoms with E-state index in [1.54, 1.807) is 60.7 Å². The van der Waals surface area contributed by atoms with Crippen molar-refractivity contribution in [3.8, 4) is 5.75 Å². The van der Waals surface area contributed by atoms with Gasteiger partial charge in [0.15, 0.2) is 0 Å². The van der Waals surface area contributed by atoms with Gasteiger partial charge in [0.1, 0.15) is 18.5 Å². The van der Waals surface area contributed by atoms with Crippen molar-refractivity contribution in [3.63, 3.8) is 0 Å². The zero-order chi connectivity index (χ0) is 29.4. The molecule has 0 saturated carbocycles. The van der Waals surface area contributed by atoms with Gasteiger partial charge in [-0.1, -0.05) is 59.6 Å². The van der Waals surface area contributed by atoms with E-state index >= 15 is 0 Å². The molecule has 1 N–H and O–H groups in total. The Bertz CT molecular complexity index is 1270. The summed E-state index contributed by atoms with van der Waals surface area (Å²) in [4.78, 5) is 0. The highest BCUT2D eigenvalue weighted by atomic mass is 35.5. The average Bonchev–Trinajstić information content (AvgIpc) is 2.91. The standard InChI is InChI=1S/C28H29Cl2F3O6S/c1-27(38-18-21-2-9-23(29)10-3-21,39-19-22-4-11-24(30)12-5-22)40(35,36)17-16-37-25-13-6-20(7-14-25)8-15-26(34)28(31,32)33/h2-7,9-14,26,34H,8,15-19H2,1H3. The van der Waals surface area contributed by atoms with Gasteiger partial charge in [-0.05, 0) is 65.9 Å². The maximum Gasteiger partial charge on any atom is 0.414 e. The van der Waals surface area contributed by atoms with Crippen LogP contribution in [0.25, 0.3) is 0 Å². The van der Waals surface area contributed by atoms with Gasteiger partial charge >= 0.3 is 6.18 Å². The van der Waals surface area contributed by atoms with E-state index in [0.29, 0.717) is 32.5 Å². The number of aliphatic hydroxyl groups excluding tert-OH is 1. The summed E-state index contributed by atoms with van der Waals surface area (Å²) in [6, 6.07) is 19.7. The van der Waals surface area contributed by atoms with Gasteiger partial charge in [-0.15, -0.1) is 0 Å². The summed E-state index contributed by atoms with van der Waals surface area (Å²) in [5.41, 5.74) is 1.96. The highest BCUT2D eigenvalue weighted by molar-refractivity contribution is 7.92. The van der Waals surface area contributed by atoms with Gasteiger partial charge in [-0.25, -0.2) is 8.42 Å². The topological polar surface area (TPSA) is 82.1 Å². The van der Waals surface area contributed by atoms with Crippen molar-refractivity contribution in [2.75, 3.05) is 12.4 Å². The highest BCUT2D eigenvalue weighted by Crippen LogP contribution is 2.27. The fourth-order valence-electron chi connectivity index (χ4n) is 3.49. The summed E-state index contributed by atoms with van der Waals surface area (Å²) in [5.74, 6) is -0.106. The van der Waals surface area contributed by atoms with Gasteiger partial charge < -0.3 is 19.3 Å². The van der Waals surface area contributed by atoms with Crippen molar-refractivity contribution in [1.82, 2.24) is 0 Å². The Morgan fingerprint density at radius 3 is 1.70 bits per heavy atom. The summed E-state index contributed by atoms with van der Waals surface area (Å²) < 4.78 is 81.5. The summed E-state index contributed by atoms with van der Waals surface area (Å²) >= 11 is 11.9. The van der Waals surface area contributed by atoms with Crippen LogP contribution >= 0.6 is 23.2 Å². The predicted octanol–water partition coefficient (Wildman–Crippen LogP) is 6.75. The van der Waals surface area contributed by atoms with Gasteiger partial charge in [-0.3, -0.25) is 0 Å². The molecule has 3 aromatic carbocycles. The van der Waals surface area contributed by atoms with Crippen LogP contribution in [0.5, 0.6) is 5.75 Å². The number of halogens is 5. The Morgan fingerprint density at radius 2 is 1.25 bits per heavy atom. The van der Waals surface area contributed by atoms with Crippen LogP contribution in [0, 0.1) is 0 Å². The lowest BCUT2D eigenvalue weighted by molar-refractivity contribution is -0.205. The van der Waals surface area contributed by atoms with Crippen molar-refractivity contribution in [2.24, 2.45) is 0 Å². The minimum absolute atomic E-state index is 0.0175. The van der Waals surface area contributed by atoms with E-state index in [1.165, 1.54) is 19.1 Å². The first-order valence-electron chi connectivity index (χ1n) is 12.2. The van der Waals surface area contributed by atoms with Crippen molar-refractivity contribution >= 4 is 33.0 Å². The van der Waals surface area contributed by atoms with E-state index in [-0.39, 0.29) is 26.2 Å². The number of hydrogen-bond donors (Lipinski definition) is 1. The molecule has 0 saturated heterocycles. The molecule has 0 heterocycles. The second kappa shape index (κ2) is 14.0. The minimum Gasteiger partial charge on any atom is -0.493 e. The fourth-order valence-corrected chi connectivity index (χ4v) is 4.89. The van der Waals surface area contributed by atoms with Crippen LogP contribution in [-0.2, 0) is 38.9 Å². The highest BCUT2D eigenvalue weighted by Gasteiger charge is 2.42. The monoisotopic (exact) mass is 620 g/mol. The molecule has 0 aromatic heterocycles. The van der Waals surface area contributed by atoms with Crippen molar-refractivity contribution in [1.29, 1.82) is 0 Å². The molecule has 1 unspecified atom stereocenters. The van der Waals surface area contributed by atoms with Crippen LogP contribution in [-0.4, -0.2) is 43.3 Å². The molecule has 218 valence electrons. The molecule has 0 spiro atoms. The molecule has 0 radical (unpaired) electrons. The lowest BCUT2D eigenvalue weighted by Gasteiger charge is -2.30. The third-order valence-corrected chi connectivity index (χ3v) is 8.60. The molecule has 3 rings (SSSR count). The third kappa shape index (κ3) is 9.64. The number of hydrogen-bond acceptors (Lipinski definition) is 6. The molecule has 12 heteroatoms. The Labute approximate surface area is 241 Å². The molecule has 3 aromatic rings. The van der Waals surface area contributed by atoms with Gasteiger partial charge in [0.2, 0.25) is 9.84 Å². The number of aryl methyl sites for hydroxylation is 1. The lowest BCUT2D eigenvalue weighted by Crippen LogP contribution is -2.43. The zero-order valence-electron chi connectivity index (χ0n) is 21.5. The maximum atomic E-state index is 13.4. The fraction of sp³-hybridized carbons (Fsp3) is 0.357. The van der Waals surface area contributed by atoms with E-state index in [9.17, 15) is 21.6 Å². The molecule has 40 heavy (non-hydrogen) atoms. The SMILES string of the molecule is CC(OCc1ccc(Cl)cc1)(OCc1ccc(Cl)cc1)S(=O)(=O)CCOc1ccc(CCC(O)C(F)(F)F)cc1. The van der Waals surface area contributed by atoms with Crippen molar-refractivity contribution in [2.45, 2.75) is 50.4 Å². The summed E-state index contributed by atoms with van der Waals surface area (Å²) in [7, 11) is -4.04. The molecular weight excluding hydrogens is 592 g/mol. The first kappa shape index (κ1) is 32.2. The quantitative estimate of drug-likeness (QED) is 0.201. The Morgan fingerprint density at radius 1 is 0.800 bits per heavy atom. The molecule has 0 aliphatic heterocycles. The average molecular weight is 622 g/mol. The third-order valence-electron chi connectivity index (χ3n) is 6.02. The number of benzene rings is 3. The van der Waals surface area contributed by atoms with Crippen LogP contribution in [0.4, 0.5) is 13.2 Å². The van der Waals surface area contributed by atoms with Gasteiger partial charge in [0, 0.05) is 17.0 Å². The first-order valence-corrected chi connectivity index (χ1v) is 14.6. The smallest absolute Gasteiger partial charge is 0.414 e. The lowest BCUT2D eigenvalue weighted by atomic mass is 10.1. The van der Waals surface area contributed by atoms with Gasteiger partial charge in [-0.2, -0.15) is 13.2 Å². The second-order valence-electron chi connectivity index (χ2n) is 9.10. The largest absolute Gasteiger partial charge is 0.493 e. The Balaban J connectivity index is 1.62. The first-order chi connectivity index (χ1) is 18.8. The molecule has 6 nitrogen and oxygen atoms in total. The molecule has 0 amide bonds. The van der Waals surface area contributed by atoms with Crippen LogP contribution < -0.4 is 4.74 Å². The molecule has 0 aliphatic carbocycles. The normalized spacial score (nSPS) is 13.3. The molecule has 1 atom stereocenters.